The summed E-state index contributed by atoms with van der Waals surface area (Å²) >= 11 is 0. The number of unbranched alkanes of at least 4 members (excludes halogenated alkanes) is 1. The van der Waals surface area contributed by atoms with Gasteiger partial charge in [0.15, 0.2) is 0 Å². The summed E-state index contributed by atoms with van der Waals surface area (Å²) in [7, 11) is 0. The van der Waals surface area contributed by atoms with Gasteiger partial charge in [-0.2, -0.15) is 0 Å². The zero-order chi connectivity index (χ0) is 13.0. The first-order valence-electron chi connectivity index (χ1n) is 5.64. The molecule has 102 valence electrons. The molecule has 1 atom stereocenters. The number of primary amides is 1. The van der Waals surface area contributed by atoms with Gasteiger partial charge >= 0.3 is 36.0 Å². The Balaban J connectivity index is -0.000000244. The van der Waals surface area contributed by atoms with Gasteiger partial charge in [-0.05, 0) is 19.8 Å². The molecule has 3 N–H and O–H groups in total. The number of aliphatic carboxylic acids is 1. The summed E-state index contributed by atoms with van der Waals surface area (Å²) in [5, 5.41) is 8.60. The molecule has 1 amide bonds. The molecule has 1 unspecified atom stereocenters. The molecule has 17 heavy (non-hydrogen) atoms. The van der Waals surface area contributed by atoms with Crippen LogP contribution in [0.4, 0.5) is 4.79 Å². The molecule has 0 aromatic rings. The van der Waals surface area contributed by atoms with E-state index < -0.39 is 12.1 Å². The van der Waals surface area contributed by atoms with Gasteiger partial charge in [0, 0.05) is 0 Å². The number of carboxylic acid groups (broad SMARTS) is 1. The molecule has 6 heteroatoms. The number of ether oxygens (including phenoxy) is 1. The maximum absolute atomic E-state index is 10.4. The molecule has 0 aliphatic carbocycles. The van der Waals surface area contributed by atoms with Crippen molar-refractivity contribution < 1.29 is 19.4 Å². The van der Waals surface area contributed by atoms with Crippen LogP contribution >= 0.6 is 0 Å². The summed E-state index contributed by atoms with van der Waals surface area (Å²) < 4.78 is 4.18. The first-order chi connectivity index (χ1) is 7.49. The van der Waals surface area contributed by atoms with Gasteiger partial charge in [0.1, 0.15) is 0 Å². The van der Waals surface area contributed by atoms with Crippen LogP contribution in [0, 0.1) is 5.92 Å². The van der Waals surface area contributed by atoms with Crippen molar-refractivity contribution in [3.63, 3.8) is 0 Å². The fraction of sp³-hybridized carbons (Fsp3) is 0.818. The average Bonchev–Trinajstić information content (AvgIpc) is 2.19. The second kappa shape index (κ2) is 15.5. The summed E-state index contributed by atoms with van der Waals surface area (Å²) in [5.41, 5.74) is 4.54. The summed E-state index contributed by atoms with van der Waals surface area (Å²) in [6.45, 7) is 6.06. The van der Waals surface area contributed by atoms with Gasteiger partial charge in [-0.3, -0.25) is 4.79 Å². The Morgan fingerprint density at radius 3 is 2.00 bits per heavy atom. The number of rotatable bonds is 6. The van der Waals surface area contributed by atoms with Crippen LogP contribution in [0.5, 0.6) is 0 Å². The molecule has 0 saturated heterocycles. The standard InChI is InChI=1S/C8H16O2.C3H7NO2.Sn.2H/c1-3-5-6-7(4-2)8(9)10;1-2-6-3(4)5;;;/h7H,3-6H2,1-2H3,(H,9,10);2H2,1H3,(H2,4,5);;;. The van der Waals surface area contributed by atoms with E-state index in [9.17, 15) is 9.59 Å². The third-order valence-corrected chi connectivity index (χ3v) is 2.03. The van der Waals surface area contributed by atoms with Gasteiger partial charge in [0.05, 0.1) is 12.5 Å². The molecule has 0 bridgehead atoms. The topological polar surface area (TPSA) is 89.6 Å². The minimum atomic E-state index is -0.711. The zero-order valence-electron chi connectivity index (χ0n) is 11.1. The molecule has 0 aromatic heterocycles. The Morgan fingerprint density at radius 1 is 1.29 bits per heavy atom. The summed E-state index contributed by atoms with van der Waals surface area (Å²) in [4.78, 5) is 20.0. The van der Waals surface area contributed by atoms with Crippen molar-refractivity contribution in [3.8, 4) is 0 Å². The number of carbonyl (C=O) groups excluding carboxylic acids is 1. The Morgan fingerprint density at radius 2 is 1.82 bits per heavy atom. The van der Waals surface area contributed by atoms with Crippen molar-refractivity contribution in [2.45, 2.75) is 46.5 Å². The van der Waals surface area contributed by atoms with E-state index in [0.717, 1.165) is 25.7 Å². The summed E-state index contributed by atoms with van der Waals surface area (Å²) in [6.07, 6.45) is 3.00. The number of carbonyl (C=O) groups is 2. The number of amides is 1. The van der Waals surface area contributed by atoms with Crippen LogP contribution in [-0.2, 0) is 9.53 Å². The van der Waals surface area contributed by atoms with Gasteiger partial charge in [-0.1, -0.05) is 26.7 Å². The molecule has 0 aliphatic heterocycles. The van der Waals surface area contributed by atoms with Crippen LogP contribution in [0.1, 0.15) is 46.5 Å². The van der Waals surface area contributed by atoms with Crippen molar-refractivity contribution in [1.82, 2.24) is 0 Å². The molecule has 0 spiro atoms. The zero-order valence-corrected chi connectivity index (χ0v) is 15.1. The number of nitrogens with two attached hydrogens (primary N) is 1. The van der Waals surface area contributed by atoms with Crippen LogP contribution in [0.25, 0.3) is 0 Å². The van der Waals surface area contributed by atoms with Gasteiger partial charge < -0.3 is 15.6 Å². The quantitative estimate of drug-likeness (QED) is 0.707. The Bertz CT molecular complexity index is 200. The molecule has 5 nitrogen and oxygen atoms in total. The van der Waals surface area contributed by atoms with E-state index in [1.807, 2.05) is 6.92 Å². The van der Waals surface area contributed by atoms with Crippen molar-refractivity contribution in [3.05, 3.63) is 0 Å². The fourth-order valence-corrected chi connectivity index (χ4v) is 1.10. The van der Waals surface area contributed by atoms with Crippen molar-refractivity contribution in [1.29, 1.82) is 0 Å². The molecule has 0 aliphatic rings. The molecule has 0 rings (SSSR count). The molecule has 2 radical (unpaired) electrons. The van der Waals surface area contributed by atoms with E-state index in [1.165, 1.54) is 0 Å². The number of carboxylic acids is 1. The van der Waals surface area contributed by atoms with E-state index in [4.69, 9.17) is 5.11 Å². The summed E-state index contributed by atoms with van der Waals surface area (Å²) in [5.74, 6) is -0.754. The van der Waals surface area contributed by atoms with E-state index >= 15 is 0 Å². The second-order valence-electron chi connectivity index (χ2n) is 3.34. The van der Waals surface area contributed by atoms with Gasteiger partial charge in [0.2, 0.25) is 0 Å². The monoisotopic (exact) mass is 355 g/mol. The number of hydrogen-bond donors (Lipinski definition) is 2. The average molecular weight is 354 g/mol. The first-order valence-corrected chi connectivity index (χ1v) is 5.64. The van der Waals surface area contributed by atoms with Crippen molar-refractivity contribution >= 4 is 36.0 Å². The molecule has 0 saturated carbocycles. The molecule has 0 heterocycles. The third-order valence-electron chi connectivity index (χ3n) is 2.03. The minimum absolute atomic E-state index is 0. The van der Waals surface area contributed by atoms with Crippen molar-refractivity contribution in [2.75, 3.05) is 6.61 Å². The van der Waals surface area contributed by atoms with E-state index in [2.05, 4.69) is 17.4 Å². The van der Waals surface area contributed by atoms with Gasteiger partial charge in [0.25, 0.3) is 0 Å². The van der Waals surface area contributed by atoms with Crippen LogP contribution < -0.4 is 5.73 Å². The van der Waals surface area contributed by atoms with Crippen LogP contribution in [0.15, 0.2) is 0 Å². The predicted octanol–water partition coefficient (Wildman–Crippen LogP) is 1.47. The maximum atomic E-state index is 10.4. The Hall–Kier alpha value is -0.461. The van der Waals surface area contributed by atoms with Gasteiger partial charge in [-0.15, -0.1) is 0 Å². The first kappa shape index (κ1) is 21.8. The van der Waals surface area contributed by atoms with Crippen LogP contribution in [-0.4, -0.2) is 47.7 Å². The van der Waals surface area contributed by atoms with Crippen LogP contribution in [0.2, 0.25) is 0 Å². The van der Waals surface area contributed by atoms with Crippen LogP contribution in [0.3, 0.4) is 0 Å². The third kappa shape index (κ3) is 18.1. The van der Waals surface area contributed by atoms with E-state index in [1.54, 1.807) is 6.92 Å². The predicted molar refractivity (Wildman–Crippen MR) is 70.7 cm³/mol. The Labute approximate surface area is 120 Å². The molecular weight excluding hydrogens is 329 g/mol. The normalized spacial score (nSPS) is 10.3. The SMILES string of the molecule is CCCCC(CC)C(=O)O.CCOC(N)=O.[SnH2]. The molecule has 0 aromatic carbocycles. The summed E-state index contributed by atoms with van der Waals surface area (Å²) in [6, 6.07) is 0. The van der Waals surface area contributed by atoms with E-state index in [-0.39, 0.29) is 29.8 Å². The molecule has 0 fully saturated rings. The van der Waals surface area contributed by atoms with E-state index in [0.29, 0.717) is 6.61 Å². The fourth-order valence-electron chi connectivity index (χ4n) is 1.10. The second-order valence-corrected chi connectivity index (χ2v) is 3.34. The number of hydrogen-bond acceptors (Lipinski definition) is 3. The van der Waals surface area contributed by atoms with Crippen molar-refractivity contribution in [2.24, 2.45) is 11.7 Å². The van der Waals surface area contributed by atoms with Gasteiger partial charge in [-0.25, -0.2) is 4.79 Å². The molecular formula is C11H25NO4Sn. The Kier molecular flexibility index (Phi) is 19.9.